The van der Waals surface area contributed by atoms with Crippen molar-refractivity contribution in [3.05, 3.63) is 47.3 Å². The summed E-state index contributed by atoms with van der Waals surface area (Å²) in [5, 5.41) is 13.0. The fraction of sp³-hybridized carbons (Fsp3) is 0.333. The first-order chi connectivity index (χ1) is 9.65. The number of aryl methyl sites for hydroxylation is 2. The molecule has 0 saturated heterocycles. The Morgan fingerprint density at radius 2 is 2.20 bits per heavy atom. The van der Waals surface area contributed by atoms with Crippen LogP contribution in [0.4, 0.5) is 5.69 Å². The van der Waals surface area contributed by atoms with E-state index >= 15 is 0 Å². The molecule has 1 N–H and O–H groups in total. The number of aromatic nitrogens is 2. The van der Waals surface area contributed by atoms with E-state index in [9.17, 15) is 4.79 Å². The van der Waals surface area contributed by atoms with Gasteiger partial charge in [-0.25, -0.2) is 4.79 Å². The molecule has 0 atom stereocenters. The number of carbonyl (C=O) groups is 1. The number of carboxylic acid groups (broad SMARTS) is 1. The topological polar surface area (TPSA) is 58.4 Å². The molecule has 0 bridgehead atoms. The van der Waals surface area contributed by atoms with Crippen molar-refractivity contribution in [2.75, 3.05) is 11.4 Å². The maximum Gasteiger partial charge on any atom is 0.356 e. The molecular weight excluding hydrogens is 254 g/mol. The zero-order chi connectivity index (χ0) is 14.1. The Labute approximate surface area is 117 Å². The van der Waals surface area contributed by atoms with Gasteiger partial charge in [-0.1, -0.05) is 18.2 Å². The highest BCUT2D eigenvalue weighted by Crippen LogP contribution is 2.28. The molecule has 0 aliphatic carbocycles. The van der Waals surface area contributed by atoms with Crippen molar-refractivity contribution in [3.8, 4) is 0 Å². The Hall–Kier alpha value is -2.30. The highest BCUT2D eigenvalue weighted by atomic mass is 16.4. The van der Waals surface area contributed by atoms with Crippen molar-refractivity contribution in [1.82, 2.24) is 9.78 Å². The smallest absolute Gasteiger partial charge is 0.356 e. The third-order valence-corrected chi connectivity index (χ3v) is 3.76. The van der Waals surface area contributed by atoms with Crippen LogP contribution in [-0.4, -0.2) is 27.4 Å². The molecule has 0 fully saturated rings. The van der Waals surface area contributed by atoms with E-state index in [-0.39, 0.29) is 5.69 Å². The molecular formula is C15H17N3O2. The average molecular weight is 271 g/mol. The first-order valence-corrected chi connectivity index (χ1v) is 6.74. The van der Waals surface area contributed by atoms with Gasteiger partial charge in [-0.2, -0.15) is 5.10 Å². The van der Waals surface area contributed by atoms with Gasteiger partial charge >= 0.3 is 5.97 Å². The molecule has 0 saturated carbocycles. The van der Waals surface area contributed by atoms with E-state index < -0.39 is 5.97 Å². The maximum absolute atomic E-state index is 11.0. The predicted octanol–water partition coefficient (Wildman–Crippen LogP) is 2.07. The largest absolute Gasteiger partial charge is 0.476 e. The molecule has 0 unspecified atom stereocenters. The molecule has 0 radical (unpaired) electrons. The molecule has 1 aromatic heterocycles. The van der Waals surface area contributed by atoms with Gasteiger partial charge < -0.3 is 10.0 Å². The third kappa shape index (κ3) is 2.27. The molecule has 0 spiro atoms. The van der Waals surface area contributed by atoms with Crippen LogP contribution in [0.15, 0.2) is 30.3 Å². The number of benzene rings is 1. The number of hydrogen-bond donors (Lipinski definition) is 1. The molecule has 104 valence electrons. The number of fused-ring (bicyclic) bond motifs is 1. The molecule has 1 aromatic carbocycles. The van der Waals surface area contributed by atoms with Crippen molar-refractivity contribution in [2.45, 2.75) is 19.4 Å². The summed E-state index contributed by atoms with van der Waals surface area (Å²) in [4.78, 5) is 13.3. The first kappa shape index (κ1) is 12.7. The van der Waals surface area contributed by atoms with Gasteiger partial charge in [0.05, 0.1) is 12.2 Å². The normalized spacial score (nSPS) is 14.2. The van der Waals surface area contributed by atoms with Crippen LogP contribution in [0.2, 0.25) is 0 Å². The summed E-state index contributed by atoms with van der Waals surface area (Å²) >= 11 is 0. The van der Waals surface area contributed by atoms with Gasteiger partial charge in [-0.3, -0.25) is 4.68 Å². The highest BCUT2D eigenvalue weighted by Gasteiger charge is 2.19. The van der Waals surface area contributed by atoms with Crippen molar-refractivity contribution in [1.29, 1.82) is 0 Å². The molecule has 2 aromatic rings. The zero-order valence-corrected chi connectivity index (χ0v) is 11.4. The maximum atomic E-state index is 11.0. The molecule has 3 rings (SSSR count). The fourth-order valence-corrected chi connectivity index (χ4v) is 2.73. The van der Waals surface area contributed by atoms with Gasteiger partial charge in [0.1, 0.15) is 0 Å². The molecule has 20 heavy (non-hydrogen) atoms. The monoisotopic (exact) mass is 271 g/mol. The summed E-state index contributed by atoms with van der Waals surface area (Å²) in [6, 6.07) is 10.0. The molecule has 5 heteroatoms. The SMILES string of the molecule is Cn1nc(C(=O)O)cc1CN1CCCc2ccccc21. The Morgan fingerprint density at radius 1 is 1.40 bits per heavy atom. The summed E-state index contributed by atoms with van der Waals surface area (Å²) in [5.74, 6) is -0.981. The van der Waals surface area contributed by atoms with Gasteiger partial charge in [-0.05, 0) is 30.5 Å². The predicted molar refractivity (Wildman–Crippen MR) is 76.0 cm³/mol. The highest BCUT2D eigenvalue weighted by molar-refractivity contribution is 5.85. The van der Waals surface area contributed by atoms with E-state index in [1.54, 1.807) is 17.8 Å². The van der Waals surface area contributed by atoms with E-state index in [1.807, 2.05) is 6.07 Å². The van der Waals surface area contributed by atoms with Crippen molar-refractivity contribution in [2.24, 2.45) is 7.05 Å². The zero-order valence-electron chi connectivity index (χ0n) is 11.4. The van der Waals surface area contributed by atoms with Gasteiger partial charge in [0.2, 0.25) is 0 Å². The molecule has 1 aliphatic heterocycles. The number of hydrogen-bond acceptors (Lipinski definition) is 3. The number of rotatable bonds is 3. The summed E-state index contributed by atoms with van der Waals surface area (Å²) in [7, 11) is 1.79. The lowest BCUT2D eigenvalue weighted by molar-refractivity contribution is 0.0689. The second-order valence-electron chi connectivity index (χ2n) is 5.10. The second kappa shape index (κ2) is 5.00. The summed E-state index contributed by atoms with van der Waals surface area (Å²) in [5.41, 5.74) is 3.63. The van der Waals surface area contributed by atoms with Crippen LogP contribution in [0.3, 0.4) is 0 Å². The van der Waals surface area contributed by atoms with Crippen LogP contribution in [0.1, 0.15) is 28.2 Å². The minimum absolute atomic E-state index is 0.104. The van der Waals surface area contributed by atoms with Crippen LogP contribution in [0.25, 0.3) is 0 Å². The second-order valence-corrected chi connectivity index (χ2v) is 5.10. The number of para-hydroxylation sites is 1. The van der Waals surface area contributed by atoms with Crippen LogP contribution >= 0.6 is 0 Å². The lowest BCUT2D eigenvalue weighted by Crippen LogP contribution is -2.29. The van der Waals surface area contributed by atoms with E-state index in [1.165, 1.54) is 11.3 Å². The Balaban J connectivity index is 1.87. The lowest BCUT2D eigenvalue weighted by Gasteiger charge is -2.31. The number of aromatic carboxylic acids is 1. The Bertz CT molecular complexity index is 648. The van der Waals surface area contributed by atoms with Crippen molar-refractivity contribution < 1.29 is 9.90 Å². The van der Waals surface area contributed by atoms with E-state index in [0.717, 1.165) is 25.1 Å². The van der Waals surface area contributed by atoms with Crippen LogP contribution < -0.4 is 4.90 Å². The van der Waals surface area contributed by atoms with Gasteiger partial charge in [-0.15, -0.1) is 0 Å². The summed E-state index contributed by atoms with van der Waals surface area (Å²) in [6.07, 6.45) is 2.24. The standard InChI is InChI=1S/C15H17N3O2/c1-17-12(9-13(16-17)15(19)20)10-18-8-4-6-11-5-2-3-7-14(11)18/h2-3,5,7,9H,4,6,8,10H2,1H3,(H,19,20). The van der Waals surface area contributed by atoms with E-state index in [4.69, 9.17) is 5.11 Å². The van der Waals surface area contributed by atoms with E-state index in [0.29, 0.717) is 6.54 Å². The van der Waals surface area contributed by atoms with Crippen molar-refractivity contribution in [3.63, 3.8) is 0 Å². The number of carboxylic acids is 1. The molecule has 5 nitrogen and oxygen atoms in total. The minimum Gasteiger partial charge on any atom is -0.476 e. The average Bonchev–Trinajstić information content (AvgIpc) is 2.81. The van der Waals surface area contributed by atoms with Gasteiger partial charge in [0.15, 0.2) is 5.69 Å². The molecule has 1 aliphatic rings. The van der Waals surface area contributed by atoms with E-state index in [2.05, 4.69) is 28.2 Å². The van der Waals surface area contributed by atoms with Crippen LogP contribution in [-0.2, 0) is 20.0 Å². The summed E-state index contributed by atoms with van der Waals surface area (Å²) < 4.78 is 1.65. The number of anilines is 1. The van der Waals surface area contributed by atoms with Gasteiger partial charge in [0, 0.05) is 19.3 Å². The minimum atomic E-state index is -0.981. The molecule has 2 heterocycles. The fourth-order valence-electron chi connectivity index (χ4n) is 2.73. The van der Waals surface area contributed by atoms with Crippen LogP contribution in [0.5, 0.6) is 0 Å². The lowest BCUT2D eigenvalue weighted by atomic mass is 10.0. The number of nitrogens with zero attached hydrogens (tertiary/aromatic N) is 3. The summed E-state index contributed by atoms with van der Waals surface area (Å²) in [6.45, 7) is 1.68. The quantitative estimate of drug-likeness (QED) is 0.928. The van der Waals surface area contributed by atoms with Crippen LogP contribution in [0, 0.1) is 0 Å². The van der Waals surface area contributed by atoms with Gasteiger partial charge in [0.25, 0.3) is 0 Å². The van der Waals surface area contributed by atoms with Crippen molar-refractivity contribution >= 4 is 11.7 Å². The Morgan fingerprint density at radius 3 is 2.95 bits per heavy atom. The first-order valence-electron chi connectivity index (χ1n) is 6.74. The third-order valence-electron chi connectivity index (χ3n) is 3.76. The Kier molecular flexibility index (Phi) is 3.18. The molecule has 0 amide bonds.